The number of aryl methyl sites for hydroxylation is 3. The van der Waals surface area contributed by atoms with E-state index < -0.39 is 21.8 Å². The third-order valence-electron chi connectivity index (χ3n) is 5.75. The quantitative estimate of drug-likeness (QED) is 0.651. The summed E-state index contributed by atoms with van der Waals surface area (Å²) in [6.07, 6.45) is 2.93. The predicted molar refractivity (Wildman–Crippen MR) is 125 cm³/mol. The summed E-state index contributed by atoms with van der Waals surface area (Å²) in [5.41, 5.74) is 3.07. The third kappa shape index (κ3) is 5.55. The molecule has 3 rings (SSSR count). The Morgan fingerprint density at radius 3 is 2.31 bits per heavy atom. The van der Waals surface area contributed by atoms with Gasteiger partial charge in [-0.2, -0.15) is 4.31 Å². The van der Waals surface area contributed by atoms with Crippen LogP contribution < -0.4 is 10.6 Å². The molecule has 0 spiro atoms. The van der Waals surface area contributed by atoms with Crippen molar-refractivity contribution in [3.63, 3.8) is 0 Å². The Balaban J connectivity index is 1.64. The van der Waals surface area contributed by atoms with E-state index in [9.17, 15) is 18.0 Å². The fourth-order valence-electron chi connectivity index (χ4n) is 4.41. The van der Waals surface area contributed by atoms with Gasteiger partial charge in [0.15, 0.2) is 0 Å². The molecule has 172 valence electrons. The number of sulfonamides is 1. The Kier molecular flexibility index (Phi) is 7.69. The summed E-state index contributed by atoms with van der Waals surface area (Å²) < 4.78 is 28.6. The number of carbonyl (C=O) groups excluding carboxylic acids is 2. The maximum absolute atomic E-state index is 13.5. The van der Waals surface area contributed by atoms with E-state index in [1.807, 2.05) is 39.0 Å². The molecule has 0 unspecified atom stereocenters. The van der Waals surface area contributed by atoms with Crippen LogP contribution in [0.3, 0.4) is 0 Å². The van der Waals surface area contributed by atoms with Crippen LogP contribution in [0.4, 0.5) is 5.69 Å². The Hall–Kier alpha value is -2.71. The van der Waals surface area contributed by atoms with Crippen LogP contribution in [0.25, 0.3) is 0 Å². The maximum Gasteiger partial charge on any atom is 0.313 e. The lowest BCUT2D eigenvalue weighted by molar-refractivity contribution is -0.136. The van der Waals surface area contributed by atoms with Gasteiger partial charge in [-0.1, -0.05) is 42.3 Å². The highest BCUT2D eigenvalue weighted by atomic mass is 32.2. The van der Waals surface area contributed by atoms with Crippen LogP contribution >= 0.6 is 0 Å². The molecule has 7 nitrogen and oxygen atoms in total. The first-order valence-electron chi connectivity index (χ1n) is 10.9. The molecule has 0 aliphatic carbocycles. The van der Waals surface area contributed by atoms with Gasteiger partial charge in [0.1, 0.15) is 0 Å². The molecule has 0 bridgehead atoms. The maximum atomic E-state index is 13.5. The van der Waals surface area contributed by atoms with E-state index in [4.69, 9.17) is 0 Å². The molecule has 1 saturated heterocycles. The van der Waals surface area contributed by atoms with Crippen molar-refractivity contribution in [1.29, 1.82) is 0 Å². The van der Waals surface area contributed by atoms with Crippen LogP contribution in [0.15, 0.2) is 47.4 Å². The Labute approximate surface area is 190 Å². The lowest BCUT2D eigenvalue weighted by Crippen LogP contribution is -2.46. The summed E-state index contributed by atoms with van der Waals surface area (Å²) in [7, 11) is -3.66. The highest BCUT2D eigenvalue weighted by molar-refractivity contribution is 7.89. The first-order valence-corrected chi connectivity index (χ1v) is 12.4. The van der Waals surface area contributed by atoms with Gasteiger partial charge in [-0.15, -0.1) is 0 Å². The number of anilines is 1. The van der Waals surface area contributed by atoms with Gasteiger partial charge >= 0.3 is 11.8 Å². The number of amides is 2. The van der Waals surface area contributed by atoms with Crippen molar-refractivity contribution >= 4 is 27.5 Å². The molecule has 0 aromatic heterocycles. The largest absolute Gasteiger partial charge is 0.348 e. The Morgan fingerprint density at radius 1 is 1.00 bits per heavy atom. The van der Waals surface area contributed by atoms with Crippen LogP contribution in [-0.2, 0) is 19.6 Å². The number of para-hydroxylation sites is 1. The molecular weight excluding hydrogens is 426 g/mol. The number of piperidine rings is 1. The summed E-state index contributed by atoms with van der Waals surface area (Å²) in [5, 5.41) is 5.16. The Bertz CT molecular complexity index is 1060. The summed E-state index contributed by atoms with van der Waals surface area (Å²) in [6.45, 7) is 6.30. The molecule has 2 N–H and O–H groups in total. The van der Waals surface area contributed by atoms with Crippen LogP contribution in [0.2, 0.25) is 0 Å². The van der Waals surface area contributed by atoms with Gasteiger partial charge in [-0.05, 0) is 63.3 Å². The fraction of sp³-hybridized carbons (Fsp3) is 0.417. The number of nitrogens with zero attached hydrogens (tertiary/aromatic N) is 1. The molecular formula is C24H31N3O4S. The lowest BCUT2D eigenvalue weighted by Gasteiger charge is -2.35. The molecule has 1 fully saturated rings. The van der Waals surface area contributed by atoms with Crippen molar-refractivity contribution in [3.8, 4) is 0 Å². The van der Waals surface area contributed by atoms with Crippen molar-refractivity contribution in [2.45, 2.75) is 57.4 Å². The van der Waals surface area contributed by atoms with Gasteiger partial charge in [0.2, 0.25) is 10.0 Å². The number of carbonyl (C=O) groups is 2. The topological polar surface area (TPSA) is 95.6 Å². The predicted octanol–water partition coefficient (Wildman–Crippen LogP) is 3.30. The van der Waals surface area contributed by atoms with Gasteiger partial charge < -0.3 is 10.6 Å². The summed E-state index contributed by atoms with van der Waals surface area (Å²) in [5.74, 6) is -1.47. The van der Waals surface area contributed by atoms with Crippen molar-refractivity contribution in [3.05, 3.63) is 59.2 Å². The zero-order chi connectivity index (χ0) is 23.3. The normalized spacial score (nSPS) is 17.0. The molecule has 1 aliphatic heterocycles. The number of benzene rings is 2. The third-order valence-corrected chi connectivity index (χ3v) is 8.00. The van der Waals surface area contributed by atoms with Gasteiger partial charge in [-0.25, -0.2) is 8.42 Å². The van der Waals surface area contributed by atoms with E-state index >= 15 is 0 Å². The smallest absolute Gasteiger partial charge is 0.313 e. The number of rotatable bonds is 6. The van der Waals surface area contributed by atoms with Crippen LogP contribution in [0.5, 0.6) is 0 Å². The first kappa shape index (κ1) is 23.9. The van der Waals surface area contributed by atoms with E-state index in [2.05, 4.69) is 10.6 Å². The minimum Gasteiger partial charge on any atom is -0.348 e. The van der Waals surface area contributed by atoms with Crippen molar-refractivity contribution in [2.75, 3.05) is 18.4 Å². The van der Waals surface area contributed by atoms with E-state index in [0.29, 0.717) is 23.5 Å². The molecule has 2 amide bonds. The summed E-state index contributed by atoms with van der Waals surface area (Å²) in [6, 6.07) is 12.3. The zero-order valence-corrected chi connectivity index (χ0v) is 19.7. The number of hydrogen-bond donors (Lipinski definition) is 2. The number of hydrogen-bond acceptors (Lipinski definition) is 4. The first-order chi connectivity index (χ1) is 15.2. The van der Waals surface area contributed by atoms with E-state index in [1.165, 1.54) is 0 Å². The number of nitrogens with one attached hydrogen (secondary N) is 2. The molecule has 1 heterocycles. The second-order valence-electron chi connectivity index (χ2n) is 8.36. The highest BCUT2D eigenvalue weighted by Gasteiger charge is 2.35. The molecule has 8 heteroatoms. The fourth-order valence-corrected chi connectivity index (χ4v) is 6.55. The average Bonchev–Trinajstić information content (AvgIpc) is 2.73. The second kappa shape index (κ2) is 10.3. The van der Waals surface area contributed by atoms with Crippen LogP contribution in [0, 0.1) is 20.8 Å². The molecule has 0 saturated carbocycles. The van der Waals surface area contributed by atoms with Gasteiger partial charge in [0.25, 0.3) is 0 Å². The van der Waals surface area contributed by atoms with Crippen LogP contribution in [-0.4, -0.2) is 43.7 Å². The Morgan fingerprint density at radius 2 is 1.66 bits per heavy atom. The van der Waals surface area contributed by atoms with Crippen molar-refractivity contribution in [2.24, 2.45) is 0 Å². The second-order valence-corrected chi connectivity index (χ2v) is 10.2. The van der Waals surface area contributed by atoms with E-state index in [0.717, 1.165) is 36.0 Å². The molecule has 0 radical (unpaired) electrons. The zero-order valence-electron chi connectivity index (χ0n) is 18.8. The highest BCUT2D eigenvalue weighted by Crippen LogP contribution is 2.31. The van der Waals surface area contributed by atoms with E-state index in [-0.39, 0.29) is 12.6 Å². The van der Waals surface area contributed by atoms with Crippen LogP contribution in [0.1, 0.15) is 42.4 Å². The minimum atomic E-state index is -3.66. The molecule has 2 aromatic carbocycles. The summed E-state index contributed by atoms with van der Waals surface area (Å²) >= 11 is 0. The molecule has 1 aliphatic rings. The van der Waals surface area contributed by atoms with Crippen molar-refractivity contribution in [1.82, 2.24) is 9.62 Å². The molecule has 2 aromatic rings. The standard InChI is InChI=1S/C24H31N3O4S/c1-17-15-18(2)22(19(3)16-17)32(30,31)27-14-8-7-11-21(27)12-13-25-23(28)24(29)26-20-9-5-4-6-10-20/h4-6,9-10,15-16,21H,7-8,11-14H2,1-3H3,(H,25,28)(H,26,29)/t21-/m0/s1. The SMILES string of the molecule is Cc1cc(C)c(S(=O)(=O)N2CCCC[C@H]2CCNC(=O)C(=O)Nc2ccccc2)c(C)c1. The van der Waals surface area contributed by atoms with Gasteiger partial charge in [-0.3, -0.25) is 9.59 Å². The van der Waals surface area contributed by atoms with Gasteiger partial charge in [0.05, 0.1) is 4.90 Å². The minimum absolute atomic E-state index is 0.216. The van der Waals surface area contributed by atoms with Gasteiger partial charge in [0, 0.05) is 24.8 Å². The molecule has 1 atom stereocenters. The van der Waals surface area contributed by atoms with Crippen molar-refractivity contribution < 1.29 is 18.0 Å². The molecule has 32 heavy (non-hydrogen) atoms. The monoisotopic (exact) mass is 457 g/mol. The summed E-state index contributed by atoms with van der Waals surface area (Å²) in [4.78, 5) is 24.6. The average molecular weight is 458 g/mol. The van der Waals surface area contributed by atoms with E-state index in [1.54, 1.807) is 28.6 Å². The lowest BCUT2D eigenvalue weighted by atomic mass is 10.0.